The number of thiocarbonyl (C=S) groups is 1. The van der Waals surface area contributed by atoms with Gasteiger partial charge < -0.3 is 10.6 Å². The first-order valence-electron chi connectivity index (χ1n) is 4.36. The molecule has 1 heterocycles. The maximum Gasteiger partial charge on any atom is 0.170 e. The van der Waals surface area contributed by atoms with Crippen LogP contribution in [0.2, 0.25) is 0 Å². The minimum absolute atomic E-state index is 0.0624. The van der Waals surface area contributed by atoms with Crippen molar-refractivity contribution in [3.05, 3.63) is 11.8 Å². The van der Waals surface area contributed by atoms with Gasteiger partial charge in [-0.25, -0.2) is 8.42 Å². The first-order chi connectivity index (χ1) is 6.39. The topological polar surface area (TPSA) is 58.2 Å². The summed E-state index contributed by atoms with van der Waals surface area (Å²) in [5.41, 5.74) is 0.670. The Balaban J connectivity index is 2.44. The highest BCUT2D eigenvalue weighted by atomic mass is 32.2. The molecule has 0 saturated heterocycles. The average Bonchev–Trinajstić information content (AvgIpc) is 2.27. The van der Waals surface area contributed by atoms with Crippen molar-refractivity contribution >= 4 is 27.2 Å². The zero-order chi connectivity index (χ0) is 10.8. The lowest BCUT2D eigenvalue weighted by atomic mass is 10.4. The molecule has 0 spiro atoms. The number of hydrogen-bond acceptors (Lipinski definition) is 3. The Morgan fingerprint density at radius 3 is 2.64 bits per heavy atom. The van der Waals surface area contributed by atoms with Crippen molar-refractivity contribution in [1.82, 2.24) is 10.6 Å². The summed E-state index contributed by atoms with van der Waals surface area (Å²) in [5, 5.41) is 6.33. The summed E-state index contributed by atoms with van der Waals surface area (Å²) in [5.74, 6) is 0.173. The minimum Gasteiger partial charge on any atom is -0.360 e. The Morgan fingerprint density at radius 2 is 2.21 bits per heavy atom. The number of nitrogens with one attached hydrogen (secondary N) is 2. The van der Waals surface area contributed by atoms with Gasteiger partial charge in [0.2, 0.25) is 0 Å². The fraction of sp³-hybridized carbons (Fsp3) is 0.625. The molecule has 6 heteroatoms. The van der Waals surface area contributed by atoms with Crippen molar-refractivity contribution < 1.29 is 8.42 Å². The molecule has 0 radical (unpaired) electrons. The highest BCUT2D eigenvalue weighted by Crippen LogP contribution is 2.07. The van der Waals surface area contributed by atoms with E-state index >= 15 is 0 Å². The van der Waals surface area contributed by atoms with Gasteiger partial charge in [-0.05, 0) is 32.1 Å². The first-order valence-corrected chi connectivity index (χ1v) is 6.59. The summed E-state index contributed by atoms with van der Waals surface area (Å²) in [6.07, 6.45) is 1.66. The normalized spacial score (nSPS) is 19.2. The van der Waals surface area contributed by atoms with Gasteiger partial charge in [0.05, 0.1) is 11.5 Å². The maximum atomic E-state index is 11.1. The molecule has 2 N–H and O–H groups in total. The van der Waals surface area contributed by atoms with Gasteiger partial charge in [0.15, 0.2) is 14.9 Å². The molecule has 0 aromatic rings. The van der Waals surface area contributed by atoms with Crippen LogP contribution in [0.25, 0.3) is 0 Å². The van der Waals surface area contributed by atoms with Gasteiger partial charge in [0, 0.05) is 11.7 Å². The molecule has 0 bridgehead atoms. The van der Waals surface area contributed by atoms with Crippen LogP contribution in [0, 0.1) is 0 Å². The molecular weight excluding hydrogens is 220 g/mol. The number of rotatable bonds is 2. The third-order valence-electron chi connectivity index (χ3n) is 1.65. The molecule has 0 atom stereocenters. The van der Waals surface area contributed by atoms with E-state index in [1.54, 1.807) is 6.08 Å². The van der Waals surface area contributed by atoms with Gasteiger partial charge >= 0.3 is 0 Å². The fourth-order valence-electron chi connectivity index (χ4n) is 1.11. The summed E-state index contributed by atoms with van der Waals surface area (Å²) in [6, 6.07) is 0.244. The van der Waals surface area contributed by atoms with Crippen molar-refractivity contribution in [2.75, 3.05) is 11.5 Å². The molecule has 0 aromatic heterocycles. The van der Waals surface area contributed by atoms with Crippen LogP contribution >= 0.6 is 12.2 Å². The molecule has 0 unspecified atom stereocenters. The SMILES string of the molecule is CC(C)NC(=S)NC1=CCS(=O)(=O)C1. The van der Waals surface area contributed by atoms with Gasteiger partial charge in [0.1, 0.15) is 0 Å². The third-order valence-corrected chi connectivity index (χ3v) is 3.30. The lowest BCUT2D eigenvalue weighted by Crippen LogP contribution is -2.39. The Kier molecular flexibility index (Phi) is 3.49. The molecule has 4 nitrogen and oxygen atoms in total. The van der Waals surface area contributed by atoms with Crippen LogP contribution in [-0.4, -0.2) is 31.1 Å². The molecule has 0 saturated carbocycles. The van der Waals surface area contributed by atoms with E-state index in [4.69, 9.17) is 12.2 Å². The van der Waals surface area contributed by atoms with Gasteiger partial charge in [-0.15, -0.1) is 0 Å². The van der Waals surface area contributed by atoms with Gasteiger partial charge in [0.25, 0.3) is 0 Å². The second-order valence-corrected chi connectivity index (χ2v) is 6.05. The van der Waals surface area contributed by atoms with E-state index in [0.717, 1.165) is 0 Å². The standard InChI is InChI=1S/C8H14N2O2S2/c1-6(2)9-8(13)10-7-3-4-14(11,12)5-7/h3,6H,4-5H2,1-2H3,(H2,9,10,13). The Labute approximate surface area is 89.7 Å². The van der Waals surface area contributed by atoms with Crippen molar-refractivity contribution in [3.63, 3.8) is 0 Å². The summed E-state index contributed by atoms with van der Waals surface area (Å²) in [4.78, 5) is 0. The van der Waals surface area contributed by atoms with Crippen molar-refractivity contribution in [1.29, 1.82) is 0 Å². The molecule has 80 valence electrons. The Hall–Kier alpha value is -0.620. The van der Waals surface area contributed by atoms with Crippen LogP contribution < -0.4 is 10.6 Å². The van der Waals surface area contributed by atoms with Crippen molar-refractivity contribution in [2.24, 2.45) is 0 Å². The van der Waals surface area contributed by atoms with Gasteiger partial charge in [-0.2, -0.15) is 0 Å². The van der Waals surface area contributed by atoms with E-state index in [2.05, 4.69) is 10.6 Å². The van der Waals surface area contributed by atoms with Gasteiger partial charge in [-0.3, -0.25) is 0 Å². The Bertz CT molecular complexity index is 358. The smallest absolute Gasteiger partial charge is 0.170 e. The highest BCUT2D eigenvalue weighted by Gasteiger charge is 2.20. The summed E-state index contributed by atoms with van der Waals surface area (Å²) >= 11 is 4.98. The van der Waals surface area contributed by atoms with E-state index in [0.29, 0.717) is 10.8 Å². The summed E-state index contributed by atoms with van der Waals surface area (Å²) < 4.78 is 22.2. The molecule has 1 aliphatic rings. The molecular formula is C8H14N2O2S2. The van der Waals surface area contributed by atoms with E-state index in [1.165, 1.54) is 0 Å². The van der Waals surface area contributed by atoms with Crippen LogP contribution in [-0.2, 0) is 9.84 Å². The second kappa shape index (κ2) is 4.27. The quantitative estimate of drug-likeness (QED) is 0.667. The van der Waals surface area contributed by atoms with Crippen molar-refractivity contribution in [3.8, 4) is 0 Å². The number of hydrogen-bond donors (Lipinski definition) is 2. The molecule has 1 aliphatic heterocycles. The largest absolute Gasteiger partial charge is 0.360 e. The van der Waals surface area contributed by atoms with E-state index < -0.39 is 9.84 Å². The summed E-state index contributed by atoms with van der Waals surface area (Å²) in [7, 11) is -2.91. The van der Waals surface area contributed by atoms with E-state index in [1.807, 2.05) is 13.8 Å². The zero-order valence-electron chi connectivity index (χ0n) is 8.20. The van der Waals surface area contributed by atoms with Crippen molar-refractivity contribution in [2.45, 2.75) is 19.9 Å². The molecule has 0 amide bonds. The molecule has 14 heavy (non-hydrogen) atoms. The fourth-order valence-corrected chi connectivity index (χ4v) is 2.72. The first kappa shape index (κ1) is 11.5. The Morgan fingerprint density at radius 1 is 1.57 bits per heavy atom. The zero-order valence-corrected chi connectivity index (χ0v) is 9.83. The monoisotopic (exact) mass is 234 g/mol. The average molecular weight is 234 g/mol. The number of sulfone groups is 1. The van der Waals surface area contributed by atoms with Crippen LogP contribution in [0.1, 0.15) is 13.8 Å². The lowest BCUT2D eigenvalue weighted by molar-refractivity contribution is 0.602. The van der Waals surface area contributed by atoms with Crippen LogP contribution in [0.4, 0.5) is 0 Å². The van der Waals surface area contributed by atoms with Crippen LogP contribution in [0.3, 0.4) is 0 Å². The molecule has 1 rings (SSSR count). The van der Waals surface area contributed by atoms with E-state index in [-0.39, 0.29) is 17.5 Å². The predicted octanol–water partition coefficient (Wildman–Crippen LogP) is 0.171. The minimum atomic E-state index is -2.91. The molecule has 0 aliphatic carbocycles. The summed E-state index contributed by atoms with van der Waals surface area (Å²) in [6.45, 7) is 3.93. The highest BCUT2D eigenvalue weighted by molar-refractivity contribution is 7.92. The van der Waals surface area contributed by atoms with E-state index in [9.17, 15) is 8.42 Å². The van der Waals surface area contributed by atoms with Crippen LogP contribution in [0.15, 0.2) is 11.8 Å². The molecule has 0 aromatic carbocycles. The lowest BCUT2D eigenvalue weighted by Gasteiger charge is -2.12. The molecule has 0 fully saturated rings. The predicted molar refractivity (Wildman–Crippen MR) is 60.7 cm³/mol. The second-order valence-electron chi connectivity index (χ2n) is 3.54. The third kappa shape index (κ3) is 3.63. The van der Waals surface area contributed by atoms with Crippen LogP contribution in [0.5, 0.6) is 0 Å². The van der Waals surface area contributed by atoms with Gasteiger partial charge in [-0.1, -0.05) is 0 Å². The maximum absolute atomic E-state index is 11.1.